The molecule has 0 bridgehead atoms. The number of alkyl carbamates (subject to hydrolysis) is 1. The van der Waals surface area contributed by atoms with E-state index in [1.54, 1.807) is 6.07 Å². The van der Waals surface area contributed by atoms with Crippen LogP contribution in [0.3, 0.4) is 0 Å². The third-order valence-electron chi connectivity index (χ3n) is 2.36. The van der Waals surface area contributed by atoms with Crippen LogP contribution >= 0.6 is 0 Å². The molecule has 0 radical (unpaired) electrons. The molecule has 0 heterocycles. The Hall–Kier alpha value is -1.82. The normalized spacial score (nSPS) is 13.6. The Morgan fingerprint density at radius 2 is 1.95 bits per heavy atom. The van der Waals surface area contributed by atoms with Crippen molar-refractivity contribution in [3.8, 4) is 6.07 Å². The largest absolute Gasteiger partial charge is 0.450 e. The Bertz CT molecular complexity index is 498. The van der Waals surface area contributed by atoms with E-state index in [1.807, 2.05) is 6.92 Å². The zero-order chi connectivity index (χ0) is 16.5. The Morgan fingerprint density at radius 3 is 2.43 bits per heavy atom. The average Bonchev–Trinajstić information content (AvgIpc) is 2.36. The van der Waals surface area contributed by atoms with Crippen molar-refractivity contribution in [1.82, 2.24) is 10.6 Å². The molecule has 0 aromatic rings. The summed E-state index contributed by atoms with van der Waals surface area (Å²) in [6.07, 6.45) is 1.59. The van der Waals surface area contributed by atoms with E-state index in [1.165, 1.54) is 6.92 Å². The maximum atomic E-state index is 11.9. The van der Waals surface area contributed by atoms with Gasteiger partial charge < -0.3 is 15.4 Å². The molecule has 0 rings (SSSR count). The van der Waals surface area contributed by atoms with Gasteiger partial charge in [-0.05, 0) is 13.3 Å². The van der Waals surface area contributed by atoms with Crippen molar-refractivity contribution in [1.29, 1.82) is 5.26 Å². The lowest BCUT2D eigenvalue weighted by Crippen LogP contribution is -2.52. The highest BCUT2D eigenvalue weighted by Crippen LogP contribution is 1.96. The van der Waals surface area contributed by atoms with Gasteiger partial charge in [-0.25, -0.2) is 13.2 Å². The maximum absolute atomic E-state index is 11.9. The molecular weight excluding hydrogens is 298 g/mol. The number of nitrogens with one attached hydrogen (secondary N) is 2. The molecule has 0 aliphatic heterocycles. The molecule has 2 unspecified atom stereocenters. The number of nitriles is 1. The Balaban J connectivity index is 4.71. The fourth-order valence-corrected chi connectivity index (χ4v) is 2.17. The number of unbranched alkanes of at least 4 members (excludes halogenated alkanes) is 1. The van der Waals surface area contributed by atoms with Crippen LogP contribution in [0.5, 0.6) is 0 Å². The predicted molar refractivity (Wildman–Crippen MR) is 76.1 cm³/mol. The number of rotatable bonds is 8. The number of hydrogen-bond acceptors (Lipinski definition) is 6. The SMILES string of the molecule is CCCCOC(=O)NC(CS(C)(=O)=O)C(=O)NC(C)C#N. The lowest BCUT2D eigenvalue weighted by molar-refractivity contribution is -0.122. The average molecular weight is 319 g/mol. The smallest absolute Gasteiger partial charge is 0.407 e. The number of amides is 2. The first-order valence-electron chi connectivity index (χ1n) is 6.50. The van der Waals surface area contributed by atoms with E-state index in [-0.39, 0.29) is 6.61 Å². The first kappa shape index (κ1) is 19.2. The van der Waals surface area contributed by atoms with Crippen LogP contribution < -0.4 is 10.6 Å². The van der Waals surface area contributed by atoms with Crippen LogP contribution in [0.1, 0.15) is 26.7 Å². The number of nitrogens with zero attached hydrogens (tertiary/aromatic N) is 1. The van der Waals surface area contributed by atoms with Gasteiger partial charge in [-0.3, -0.25) is 4.79 Å². The highest BCUT2D eigenvalue weighted by atomic mass is 32.2. The van der Waals surface area contributed by atoms with Crippen LogP contribution in [0, 0.1) is 11.3 Å². The van der Waals surface area contributed by atoms with Crippen LogP contribution in [0.2, 0.25) is 0 Å². The predicted octanol–water partition coefficient (Wildman–Crippen LogP) is -0.0458. The van der Waals surface area contributed by atoms with Crippen molar-refractivity contribution in [2.24, 2.45) is 0 Å². The van der Waals surface area contributed by atoms with Crippen LogP contribution in [-0.4, -0.2) is 51.1 Å². The molecule has 8 nitrogen and oxygen atoms in total. The molecule has 0 fully saturated rings. The van der Waals surface area contributed by atoms with E-state index < -0.39 is 39.7 Å². The van der Waals surface area contributed by atoms with Crippen molar-refractivity contribution in [3.05, 3.63) is 0 Å². The van der Waals surface area contributed by atoms with Crippen molar-refractivity contribution in [2.75, 3.05) is 18.6 Å². The molecule has 21 heavy (non-hydrogen) atoms. The minimum atomic E-state index is -3.50. The fraction of sp³-hybridized carbons (Fsp3) is 0.750. The molecule has 120 valence electrons. The fourth-order valence-electron chi connectivity index (χ4n) is 1.33. The van der Waals surface area contributed by atoms with E-state index in [9.17, 15) is 18.0 Å². The van der Waals surface area contributed by atoms with Gasteiger partial charge in [0.1, 0.15) is 21.9 Å². The number of carbonyl (C=O) groups excluding carboxylic acids is 2. The Kier molecular flexibility index (Phi) is 8.38. The Morgan fingerprint density at radius 1 is 1.33 bits per heavy atom. The van der Waals surface area contributed by atoms with Gasteiger partial charge in [-0.2, -0.15) is 5.26 Å². The lowest BCUT2D eigenvalue weighted by atomic mass is 10.3. The molecule has 0 aliphatic rings. The number of carbonyl (C=O) groups is 2. The van der Waals surface area contributed by atoms with Gasteiger partial charge in [-0.15, -0.1) is 0 Å². The van der Waals surface area contributed by atoms with E-state index in [0.29, 0.717) is 6.42 Å². The summed E-state index contributed by atoms with van der Waals surface area (Å²) in [5.41, 5.74) is 0. The summed E-state index contributed by atoms with van der Waals surface area (Å²) in [6.45, 7) is 3.55. The van der Waals surface area contributed by atoms with E-state index >= 15 is 0 Å². The highest BCUT2D eigenvalue weighted by molar-refractivity contribution is 7.90. The number of hydrogen-bond donors (Lipinski definition) is 2. The van der Waals surface area contributed by atoms with Gasteiger partial charge >= 0.3 is 6.09 Å². The van der Waals surface area contributed by atoms with Crippen LogP contribution in [0.15, 0.2) is 0 Å². The van der Waals surface area contributed by atoms with E-state index in [0.717, 1.165) is 12.7 Å². The molecular formula is C12H21N3O5S. The maximum Gasteiger partial charge on any atom is 0.407 e. The molecule has 9 heteroatoms. The van der Waals surface area contributed by atoms with Crippen molar-refractivity contribution < 1.29 is 22.7 Å². The molecule has 0 saturated heterocycles. The van der Waals surface area contributed by atoms with Crippen molar-refractivity contribution >= 4 is 21.8 Å². The zero-order valence-electron chi connectivity index (χ0n) is 12.4. The monoisotopic (exact) mass is 319 g/mol. The summed E-state index contributed by atoms with van der Waals surface area (Å²) in [5.74, 6) is -1.32. The van der Waals surface area contributed by atoms with Crippen molar-refractivity contribution in [3.63, 3.8) is 0 Å². The topological polar surface area (TPSA) is 125 Å². The zero-order valence-corrected chi connectivity index (χ0v) is 13.2. The van der Waals surface area contributed by atoms with Gasteiger partial charge in [-0.1, -0.05) is 13.3 Å². The first-order chi connectivity index (χ1) is 9.69. The molecule has 0 saturated carbocycles. The molecule has 2 amide bonds. The minimum Gasteiger partial charge on any atom is -0.450 e. The summed E-state index contributed by atoms with van der Waals surface area (Å²) in [6, 6.07) is -0.312. The number of sulfone groups is 1. The van der Waals surface area contributed by atoms with Crippen LogP contribution in [-0.2, 0) is 19.4 Å². The van der Waals surface area contributed by atoms with Gasteiger partial charge in [0.25, 0.3) is 0 Å². The first-order valence-corrected chi connectivity index (χ1v) is 8.56. The second-order valence-electron chi connectivity index (χ2n) is 4.64. The quantitative estimate of drug-likeness (QED) is 0.604. The van der Waals surface area contributed by atoms with Gasteiger partial charge in [0.05, 0.1) is 18.4 Å². The van der Waals surface area contributed by atoms with Crippen LogP contribution in [0.25, 0.3) is 0 Å². The Labute approximate surface area is 124 Å². The molecule has 0 aliphatic carbocycles. The van der Waals surface area contributed by atoms with Gasteiger partial charge in [0.2, 0.25) is 5.91 Å². The minimum absolute atomic E-state index is 0.185. The molecule has 0 aromatic heterocycles. The standard InChI is InChI=1S/C12H21N3O5S/c1-4-5-6-20-12(17)15-10(8-21(3,18)19)11(16)14-9(2)7-13/h9-10H,4-6,8H2,1-3H3,(H,14,16)(H,15,17). The second kappa shape index (κ2) is 9.18. The molecule has 0 spiro atoms. The summed E-state index contributed by atoms with van der Waals surface area (Å²) >= 11 is 0. The van der Waals surface area contributed by atoms with Gasteiger partial charge in [0, 0.05) is 6.26 Å². The number of ether oxygens (including phenoxy) is 1. The molecule has 0 aromatic carbocycles. The highest BCUT2D eigenvalue weighted by Gasteiger charge is 2.26. The third-order valence-corrected chi connectivity index (χ3v) is 3.30. The summed E-state index contributed by atoms with van der Waals surface area (Å²) in [5, 5.41) is 13.1. The second-order valence-corrected chi connectivity index (χ2v) is 6.82. The van der Waals surface area contributed by atoms with Gasteiger partial charge in [0.15, 0.2) is 0 Å². The summed E-state index contributed by atoms with van der Waals surface area (Å²) < 4.78 is 27.4. The lowest BCUT2D eigenvalue weighted by Gasteiger charge is -2.18. The van der Waals surface area contributed by atoms with Crippen molar-refractivity contribution in [2.45, 2.75) is 38.8 Å². The van der Waals surface area contributed by atoms with E-state index in [2.05, 4.69) is 10.6 Å². The molecule has 2 atom stereocenters. The summed E-state index contributed by atoms with van der Waals surface area (Å²) in [4.78, 5) is 23.4. The summed E-state index contributed by atoms with van der Waals surface area (Å²) in [7, 11) is -3.50. The molecule has 2 N–H and O–H groups in total. The van der Waals surface area contributed by atoms with Crippen LogP contribution in [0.4, 0.5) is 4.79 Å². The van der Waals surface area contributed by atoms with E-state index in [4.69, 9.17) is 10.00 Å². The third kappa shape index (κ3) is 9.67.